The van der Waals surface area contributed by atoms with Crippen LogP contribution in [-0.2, 0) is 9.73 Å². The molecule has 110 valence electrons. The van der Waals surface area contributed by atoms with Crippen molar-refractivity contribution in [2.45, 2.75) is 31.5 Å². The van der Waals surface area contributed by atoms with Crippen molar-refractivity contribution in [2.75, 3.05) is 11.5 Å². The van der Waals surface area contributed by atoms with E-state index >= 15 is 0 Å². The van der Waals surface area contributed by atoms with Gasteiger partial charge in [-0.3, -0.25) is 4.78 Å². The molecule has 0 saturated heterocycles. The molecular formula is C9H15F3N4O2S. The number of halogens is 3. The Morgan fingerprint density at radius 2 is 2.16 bits per heavy atom. The molecule has 0 radical (unpaired) electrons. The van der Waals surface area contributed by atoms with E-state index in [-0.39, 0.29) is 30.2 Å². The molecule has 3 N–H and O–H groups in total. The van der Waals surface area contributed by atoms with Crippen molar-refractivity contribution in [2.24, 2.45) is 5.73 Å². The van der Waals surface area contributed by atoms with Crippen LogP contribution in [0.5, 0.6) is 0 Å². The van der Waals surface area contributed by atoms with Crippen molar-refractivity contribution >= 4 is 9.73 Å². The first-order chi connectivity index (χ1) is 8.70. The summed E-state index contributed by atoms with van der Waals surface area (Å²) in [5.74, 6) is -0.142. The van der Waals surface area contributed by atoms with Gasteiger partial charge in [0.25, 0.3) is 0 Å². The van der Waals surface area contributed by atoms with Gasteiger partial charge in [-0.05, 0) is 12.8 Å². The second-order valence-corrected chi connectivity index (χ2v) is 6.56. The van der Waals surface area contributed by atoms with Gasteiger partial charge in [-0.2, -0.15) is 18.2 Å². The highest BCUT2D eigenvalue weighted by atomic mass is 32.2. The number of nitrogens with zero attached hydrogens (tertiary/aromatic N) is 2. The third-order valence-corrected chi connectivity index (χ3v) is 4.25. The minimum Gasteiger partial charge on any atom is -0.343 e. The second-order valence-electron chi connectivity index (χ2n) is 4.12. The van der Waals surface area contributed by atoms with Crippen molar-refractivity contribution in [1.82, 2.24) is 10.1 Å². The Bertz CT molecular complexity index is 472. The highest BCUT2D eigenvalue weighted by molar-refractivity contribution is 7.92. The Balaban J connectivity index is 2.35. The van der Waals surface area contributed by atoms with Crippen molar-refractivity contribution in [3.8, 4) is 0 Å². The molecule has 1 aromatic rings. The summed E-state index contributed by atoms with van der Waals surface area (Å²) in [6.07, 6.45) is -4.37. The standard InChI is InChI=1S/C9H15F3N4O2S/c10-9(11,12)3-1-4-19(14,17)5-2-7(13)8-15-6-18-16-8/h6-7,14H,1-5,13H2/t7-,19?/m0/s1. The molecular weight excluding hydrogens is 285 g/mol. The van der Waals surface area contributed by atoms with Gasteiger partial charge in [-0.15, -0.1) is 0 Å². The summed E-state index contributed by atoms with van der Waals surface area (Å²) in [6, 6.07) is -0.632. The van der Waals surface area contributed by atoms with Gasteiger partial charge in [0.2, 0.25) is 6.39 Å². The van der Waals surface area contributed by atoms with Gasteiger partial charge < -0.3 is 10.3 Å². The first-order valence-electron chi connectivity index (χ1n) is 5.52. The minimum atomic E-state index is -4.28. The molecule has 0 amide bonds. The first-order valence-corrected chi connectivity index (χ1v) is 7.42. The maximum atomic E-state index is 11.9. The van der Waals surface area contributed by atoms with E-state index in [0.29, 0.717) is 0 Å². The zero-order chi connectivity index (χ0) is 14.5. The van der Waals surface area contributed by atoms with E-state index in [2.05, 4.69) is 14.7 Å². The normalized spacial score (nSPS) is 17.1. The fourth-order valence-electron chi connectivity index (χ4n) is 1.40. The van der Waals surface area contributed by atoms with Gasteiger partial charge in [-0.1, -0.05) is 5.16 Å². The largest absolute Gasteiger partial charge is 0.389 e. The van der Waals surface area contributed by atoms with Crippen LogP contribution in [0.15, 0.2) is 10.9 Å². The summed E-state index contributed by atoms with van der Waals surface area (Å²) in [5.41, 5.74) is 5.67. The number of nitrogens with one attached hydrogen (secondary N) is 1. The lowest BCUT2D eigenvalue weighted by molar-refractivity contribution is -0.134. The average molecular weight is 300 g/mol. The van der Waals surface area contributed by atoms with Crippen LogP contribution in [0.4, 0.5) is 13.2 Å². The first kappa shape index (κ1) is 15.9. The Morgan fingerprint density at radius 1 is 1.47 bits per heavy atom. The average Bonchev–Trinajstić information content (AvgIpc) is 2.77. The van der Waals surface area contributed by atoms with E-state index in [1.165, 1.54) is 0 Å². The second kappa shape index (κ2) is 6.33. The highest BCUT2D eigenvalue weighted by Crippen LogP contribution is 2.22. The van der Waals surface area contributed by atoms with Crippen molar-refractivity contribution in [1.29, 1.82) is 4.78 Å². The number of nitrogens with two attached hydrogens (primary N) is 1. The molecule has 10 heteroatoms. The lowest BCUT2D eigenvalue weighted by Crippen LogP contribution is -2.19. The van der Waals surface area contributed by atoms with E-state index in [0.717, 1.165) is 6.39 Å². The molecule has 19 heavy (non-hydrogen) atoms. The Labute approximate surface area is 108 Å². The Kier molecular flexibility index (Phi) is 5.29. The molecule has 1 unspecified atom stereocenters. The van der Waals surface area contributed by atoms with Gasteiger partial charge in [0.15, 0.2) is 5.82 Å². The smallest absolute Gasteiger partial charge is 0.343 e. The van der Waals surface area contributed by atoms with Crippen molar-refractivity contribution in [3.05, 3.63) is 12.2 Å². The van der Waals surface area contributed by atoms with E-state index < -0.39 is 28.4 Å². The molecule has 2 atom stereocenters. The molecule has 0 saturated carbocycles. The van der Waals surface area contributed by atoms with Crippen LogP contribution in [0.2, 0.25) is 0 Å². The maximum absolute atomic E-state index is 11.9. The van der Waals surface area contributed by atoms with Crippen LogP contribution in [0.1, 0.15) is 31.1 Å². The molecule has 0 fully saturated rings. The molecule has 0 spiro atoms. The van der Waals surface area contributed by atoms with Gasteiger partial charge in [0.05, 0.1) is 6.04 Å². The summed E-state index contributed by atoms with van der Waals surface area (Å²) in [6.45, 7) is 0. The monoisotopic (exact) mass is 300 g/mol. The molecule has 0 bridgehead atoms. The minimum absolute atomic E-state index is 0.0828. The quantitative estimate of drug-likeness (QED) is 0.799. The number of alkyl halides is 3. The SMILES string of the molecule is N=S(=O)(CCCC(F)(F)F)CC[C@H](N)c1ncon1. The van der Waals surface area contributed by atoms with Gasteiger partial charge in [0.1, 0.15) is 0 Å². The third-order valence-electron chi connectivity index (χ3n) is 2.40. The molecule has 1 aromatic heterocycles. The molecule has 6 nitrogen and oxygen atoms in total. The van der Waals surface area contributed by atoms with Gasteiger partial charge >= 0.3 is 6.18 Å². The highest BCUT2D eigenvalue weighted by Gasteiger charge is 2.27. The van der Waals surface area contributed by atoms with E-state index in [1.54, 1.807) is 0 Å². The van der Waals surface area contributed by atoms with E-state index in [1.807, 2.05) is 0 Å². The number of aromatic nitrogens is 2. The van der Waals surface area contributed by atoms with Crippen LogP contribution in [-0.4, -0.2) is 32.0 Å². The molecule has 0 aromatic carbocycles. The summed E-state index contributed by atoms with van der Waals surface area (Å²) in [4.78, 5) is 3.71. The fraction of sp³-hybridized carbons (Fsp3) is 0.778. The lowest BCUT2D eigenvalue weighted by atomic mass is 10.2. The summed E-state index contributed by atoms with van der Waals surface area (Å²) in [7, 11) is -3.06. The number of hydrogen-bond donors (Lipinski definition) is 2. The van der Waals surface area contributed by atoms with E-state index in [9.17, 15) is 17.4 Å². The molecule has 0 aliphatic heterocycles. The predicted octanol–water partition coefficient (Wildman–Crippen LogP) is 1.85. The maximum Gasteiger partial charge on any atom is 0.389 e. The molecule has 0 aliphatic rings. The number of hydrogen-bond acceptors (Lipinski definition) is 6. The summed E-state index contributed by atoms with van der Waals surface area (Å²) in [5, 5.41) is 3.50. The fourth-order valence-corrected chi connectivity index (χ4v) is 2.85. The van der Waals surface area contributed by atoms with Crippen LogP contribution in [0, 0.1) is 4.78 Å². The predicted molar refractivity (Wildman–Crippen MR) is 61.7 cm³/mol. The van der Waals surface area contributed by atoms with Crippen LogP contribution in [0.25, 0.3) is 0 Å². The van der Waals surface area contributed by atoms with Crippen molar-refractivity contribution < 1.29 is 21.9 Å². The topological polar surface area (TPSA) is 106 Å². The summed E-state index contributed by atoms with van der Waals surface area (Å²) < 4.78 is 59.5. The molecule has 1 heterocycles. The summed E-state index contributed by atoms with van der Waals surface area (Å²) >= 11 is 0. The zero-order valence-electron chi connectivity index (χ0n) is 10.0. The molecule has 1 rings (SSSR count). The Morgan fingerprint density at radius 3 is 2.68 bits per heavy atom. The Hall–Kier alpha value is -1.16. The van der Waals surface area contributed by atoms with Crippen LogP contribution in [0.3, 0.4) is 0 Å². The van der Waals surface area contributed by atoms with E-state index in [4.69, 9.17) is 10.5 Å². The molecule has 0 aliphatic carbocycles. The van der Waals surface area contributed by atoms with Gasteiger partial charge in [0, 0.05) is 27.7 Å². The van der Waals surface area contributed by atoms with Crippen LogP contribution >= 0.6 is 0 Å². The third kappa shape index (κ3) is 6.53. The van der Waals surface area contributed by atoms with Crippen molar-refractivity contribution in [3.63, 3.8) is 0 Å². The van der Waals surface area contributed by atoms with Crippen LogP contribution < -0.4 is 5.73 Å². The number of rotatable bonds is 7. The lowest BCUT2D eigenvalue weighted by Gasteiger charge is -2.11. The zero-order valence-corrected chi connectivity index (χ0v) is 10.8. The van der Waals surface area contributed by atoms with Gasteiger partial charge in [-0.25, -0.2) is 4.21 Å².